The summed E-state index contributed by atoms with van der Waals surface area (Å²) in [5.41, 5.74) is 0.992. The summed E-state index contributed by atoms with van der Waals surface area (Å²) in [6.07, 6.45) is 0. The molecule has 2 saturated heterocycles. The number of amides is 1. The molecule has 1 amide bonds. The molecule has 1 atom stereocenters. The summed E-state index contributed by atoms with van der Waals surface area (Å²) in [6.45, 7) is 11.1. The number of piperazine rings is 1. The molecule has 26 heavy (non-hydrogen) atoms. The molecule has 0 saturated carbocycles. The number of anilines is 1. The van der Waals surface area contributed by atoms with Gasteiger partial charge in [0.15, 0.2) is 0 Å². The molecule has 0 aliphatic carbocycles. The Morgan fingerprint density at radius 1 is 1.08 bits per heavy atom. The standard InChI is InChI=1S/C20H32N4O2/c1-18(23-11-8-21(2)9-12-23)20(25)24(19-6-4-3-5-7-19)13-10-22-14-16-26-17-15-22/h3-7,18H,8-17H2,1-2H3. The number of benzene rings is 1. The normalized spacial score (nSPS) is 21.5. The summed E-state index contributed by atoms with van der Waals surface area (Å²) >= 11 is 0. The number of hydrogen-bond acceptors (Lipinski definition) is 5. The van der Waals surface area contributed by atoms with Crippen LogP contribution in [0, 0.1) is 0 Å². The van der Waals surface area contributed by atoms with E-state index >= 15 is 0 Å². The molecule has 0 N–H and O–H groups in total. The van der Waals surface area contributed by atoms with E-state index in [9.17, 15) is 4.79 Å². The van der Waals surface area contributed by atoms with E-state index in [4.69, 9.17) is 4.74 Å². The Hall–Kier alpha value is -1.47. The van der Waals surface area contributed by atoms with Gasteiger partial charge in [-0.3, -0.25) is 14.6 Å². The third-order valence-corrected chi connectivity index (χ3v) is 5.52. The molecule has 1 unspecified atom stereocenters. The molecular weight excluding hydrogens is 328 g/mol. The molecule has 1 aromatic rings. The van der Waals surface area contributed by atoms with Crippen molar-refractivity contribution in [2.75, 3.05) is 77.5 Å². The average Bonchev–Trinajstić information content (AvgIpc) is 2.69. The van der Waals surface area contributed by atoms with Gasteiger partial charge in [-0.05, 0) is 26.1 Å². The average molecular weight is 361 g/mol. The maximum absolute atomic E-state index is 13.3. The van der Waals surface area contributed by atoms with E-state index in [1.165, 1.54) is 0 Å². The van der Waals surface area contributed by atoms with Crippen LogP contribution in [-0.2, 0) is 9.53 Å². The smallest absolute Gasteiger partial charge is 0.244 e. The van der Waals surface area contributed by atoms with Crippen molar-refractivity contribution in [3.63, 3.8) is 0 Å². The second kappa shape index (κ2) is 9.46. The van der Waals surface area contributed by atoms with Crippen molar-refractivity contribution in [1.29, 1.82) is 0 Å². The molecule has 6 heteroatoms. The molecule has 2 fully saturated rings. The molecule has 144 valence electrons. The highest BCUT2D eigenvalue weighted by atomic mass is 16.5. The van der Waals surface area contributed by atoms with Crippen molar-refractivity contribution < 1.29 is 9.53 Å². The summed E-state index contributed by atoms with van der Waals surface area (Å²) in [5, 5.41) is 0. The Morgan fingerprint density at radius 2 is 1.73 bits per heavy atom. The molecule has 2 aliphatic heterocycles. The largest absolute Gasteiger partial charge is 0.379 e. The predicted octanol–water partition coefficient (Wildman–Crippen LogP) is 0.988. The SMILES string of the molecule is CC(C(=O)N(CCN1CCOCC1)c1ccccc1)N1CCN(C)CC1. The predicted molar refractivity (Wildman–Crippen MR) is 105 cm³/mol. The molecule has 0 spiro atoms. The second-order valence-corrected chi connectivity index (χ2v) is 7.29. The number of ether oxygens (including phenoxy) is 1. The van der Waals surface area contributed by atoms with Crippen LogP contribution in [0.4, 0.5) is 5.69 Å². The molecule has 0 aromatic heterocycles. The van der Waals surface area contributed by atoms with Crippen LogP contribution in [0.2, 0.25) is 0 Å². The number of para-hydroxylation sites is 1. The first-order valence-electron chi connectivity index (χ1n) is 9.74. The Balaban J connectivity index is 1.66. The van der Waals surface area contributed by atoms with Gasteiger partial charge in [-0.1, -0.05) is 18.2 Å². The zero-order chi connectivity index (χ0) is 18.4. The monoisotopic (exact) mass is 360 g/mol. The van der Waals surface area contributed by atoms with E-state index in [-0.39, 0.29) is 11.9 Å². The minimum Gasteiger partial charge on any atom is -0.379 e. The molecule has 6 nitrogen and oxygen atoms in total. The van der Waals surface area contributed by atoms with Crippen LogP contribution in [-0.4, -0.2) is 99.3 Å². The third-order valence-electron chi connectivity index (χ3n) is 5.52. The van der Waals surface area contributed by atoms with E-state index in [0.29, 0.717) is 0 Å². The highest BCUT2D eigenvalue weighted by Gasteiger charge is 2.29. The van der Waals surface area contributed by atoms with Gasteiger partial charge in [0.2, 0.25) is 5.91 Å². The van der Waals surface area contributed by atoms with Crippen molar-refractivity contribution in [1.82, 2.24) is 14.7 Å². The number of likely N-dealkylation sites (N-methyl/N-ethyl adjacent to an activating group) is 1. The summed E-state index contributed by atoms with van der Waals surface area (Å²) in [7, 11) is 2.14. The van der Waals surface area contributed by atoms with Gasteiger partial charge < -0.3 is 14.5 Å². The van der Waals surface area contributed by atoms with Gasteiger partial charge in [0.05, 0.1) is 19.3 Å². The zero-order valence-corrected chi connectivity index (χ0v) is 16.1. The molecule has 2 heterocycles. The number of carbonyl (C=O) groups is 1. The lowest BCUT2D eigenvalue weighted by molar-refractivity contribution is -0.124. The molecule has 2 aliphatic rings. The number of morpholine rings is 1. The van der Waals surface area contributed by atoms with Gasteiger partial charge in [0.25, 0.3) is 0 Å². The lowest BCUT2D eigenvalue weighted by atomic mass is 10.1. The molecule has 0 bridgehead atoms. The van der Waals surface area contributed by atoms with Crippen LogP contribution in [0.3, 0.4) is 0 Å². The van der Waals surface area contributed by atoms with Gasteiger partial charge in [-0.2, -0.15) is 0 Å². The van der Waals surface area contributed by atoms with Crippen molar-refractivity contribution in [3.8, 4) is 0 Å². The van der Waals surface area contributed by atoms with E-state index in [2.05, 4.69) is 28.7 Å². The summed E-state index contributed by atoms with van der Waals surface area (Å²) in [5.74, 6) is 0.203. The lowest BCUT2D eigenvalue weighted by Crippen LogP contribution is -2.55. The lowest BCUT2D eigenvalue weighted by Gasteiger charge is -2.38. The maximum Gasteiger partial charge on any atom is 0.244 e. The number of nitrogens with zero attached hydrogens (tertiary/aromatic N) is 4. The summed E-state index contributed by atoms with van der Waals surface area (Å²) in [6, 6.07) is 9.99. The number of rotatable bonds is 6. The fourth-order valence-electron chi connectivity index (χ4n) is 3.63. The Bertz CT molecular complexity index is 554. The maximum atomic E-state index is 13.3. The summed E-state index contributed by atoms with van der Waals surface area (Å²) < 4.78 is 5.43. The van der Waals surface area contributed by atoms with Crippen LogP contribution < -0.4 is 4.90 Å². The van der Waals surface area contributed by atoms with E-state index in [0.717, 1.165) is 71.3 Å². The summed E-state index contributed by atoms with van der Waals surface area (Å²) in [4.78, 5) is 22.3. The topological polar surface area (TPSA) is 39.3 Å². The minimum atomic E-state index is -0.0893. The van der Waals surface area contributed by atoms with Crippen LogP contribution >= 0.6 is 0 Å². The quantitative estimate of drug-likeness (QED) is 0.757. The third kappa shape index (κ3) is 5.04. The van der Waals surface area contributed by atoms with Gasteiger partial charge >= 0.3 is 0 Å². The van der Waals surface area contributed by atoms with Gasteiger partial charge in [0.1, 0.15) is 0 Å². The van der Waals surface area contributed by atoms with E-state index in [1.807, 2.05) is 35.2 Å². The molecule has 3 rings (SSSR count). The first-order valence-corrected chi connectivity index (χ1v) is 9.74. The zero-order valence-electron chi connectivity index (χ0n) is 16.1. The van der Waals surface area contributed by atoms with Crippen molar-refractivity contribution in [3.05, 3.63) is 30.3 Å². The van der Waals surface area contributed by atoms with Gasteiger partial charge in [-0.15, -0.1) is 0 Å². The Kier molecular flexibility index (Phi) is 7.02. The van der Waals surface area contributed by atoms with Gasteiger partial charge in [-0.25, -0.2) is 0 Å². The highest BCUT2D eigenvalue weighted by Crippen LogP contribution is 2.17. The van der Waals surface area contributed by atoms with Crippen molar-refractivity contribution in [2.24, 2.45) is 0 Å². The van der Waals surface area contributed by atoms with Crippen LogP contribution in [0.25, 0.3) is 0 Å². The highest BCUT2D eigenvalue weighted by molar-refractivity contribution is 5.97. The van der Waals surface area contributed by atoms with Crippen LogP contribution in [0.5, 0.6) is 0 Å². The molecular formula is C20H32N4O2. The van der Waals surface area contributed by atoms with Crippen molar-refractivity contribution in [2.45, 2.75) is 13.0 Å². The first-order chi connectivity index (χ1) is 12.6. The van der Waals surface area contributed by atoms with Crippen LogP contribution in [0.15, 0.2) is 30.3 Å². The molecule has 1 aromatic carbocycles. The molecule has 0 radical (unpaired) electrons. The van der Waals surface area contributed by atoms with E-state index in [1.54, 1.807) is 0 Å². The van der Waals surface area contributed by atoms with Crippen molar-refractivity contribution >= 4 is 11.6 Å². The fraction of sp³-hybridized carbons (Fsp3) is 0.650. The number of carbonyl (C=O) groups excluding carboxylic acids is 1. The Morgan fingerprint density at radius 3 is 2.38 bits per heavy atom. The number of hydrogen-bond donors (Lipinski definition) is 0. The second-order valence-electron chi connectivity index (χ2n) is 7.29. The Labute approximate surface area is 157 Å². The first kappa shape index (κ1) is 19.3. The van der Waals surface area contributed by atoms with E-state index < -0.39 is 0 Å². The minimum absolute atomic E-state index is 0.0893. The fourth-order valence-corrected chi connectivity index (χ4v) is 3.63. The van der Waals surface area contributed by atoms with Crippen LogP contribution in [0.1, 0.15) is 6.92 Å². The van der Waals surface area contributed by atoms with Gasteiger partial charge in [0, 0.05) is 58.0 Å².